The van der Waals surface area contributed by atoms with Crippen LogP contribution in [-0.2, 0) is 4.74 Å². The molecule has 100 valence electrons. The first-order valence-electron chi connectivity index (χ1n) is 6.75. The van der Waals surface area contributed by atoms with E-state index in [1.165, 1.54) is 11.1 Å². The number of ether oxygens (including phenoxy) is 1. The van der Waals surface area contributed by atoms with Crippen molar-refractivity contribution in [1.82, 2.24) is 4.90 Å². The van der Waals surface area contributed by atoms with Gasteiger partial charge in [0.15, 0.2) is 0 Å². The molecule has 0 radical (unpaired) electrons. The molecule has 0 bridgehead atoms. The van der Waals surface area contributed by atoms with Crippen LogP contribution in [0, 0.1) is 6.92 Å². The van der Waals surface area contributed by atoms with Crippen LogP contribution >= 0.6 is 0 Å². The summed E-state index contributed by atoms with van der Waals surface area (Å²) in [5.74, 6) is 0. The second-order valence-electron chi connectivity index (χ2n) is 5.38. The summed E-state index contributed by atoms with van der Waals surface area (Å²) in [6.07, 6.45) is 0. The Labute approximate surface area is 110 Å². The van der Waals surface area contributed by atoms with Crippen LogP contribution in [0.2, 0.25) is 0 Å². The topological polar surface area (TPSA) is 38.5 Å². The highest BCUT2D eigenvalue weighted by molar-refractivity contribution is 5.26. The van der Waals surface area contributed by atoms with Crippen LogP contribution in [0.5, 0.6) is 0 Å². The molecule has 3 atom stereocenters. The molecular weight excluding hydrogens is 224 g/mol. The van der Waals surface area contributed by atoms with Gasteiger partial charge in [-0.3, -0.25) is 4.90 Å². The van der Waals surface area contributed by atoms with Crippen LogP contribution in [0.15, 0.2) is 24.3 Å². The maximum Gasteiger partial charge on any atom is 0.0620 e. The Morgan fingerprint density at radius 2 is 2.22 bits per heavy atom. The quantitative estimate of drug-likeness (QED) is 0.890. The van der Waals surface area contributed by atoms with Gasteiger partial charge in [-0.05, 0) is 26.3 Å². The van der Waals surface area contributed by atoms with E-state index in [2.05, 4.69) is 49.9 Å². The van der Waals surface area contributed by atoms with Gasteiger partial charge in [0, 0.05) is 18.6 Å². The first-order chi connectivity index (χ1) is 8.59. The standard InChI is InChI=1S/C15H24N2O/c1-11-5-4-6-14(9-11)15(13(3)16)17-7-8-18-10-12(17)2/h4-6,9,12-13,15H,7-8,10,16H2,1-3H3. The number of nitrogens with two attached hydrogens (primary N) is 1. The van der Waals surface area contributed by atoms with E-state index in [1.54, 1.807) is 0 Å². The molecule has 1 aromatic carbocycles. The summed E-state index contributed by atoms with van der Waals surface area (Å²) >= 11 is 0. The van der Waals surface area contributed by atoms with Gasteiger partial charge in [0.1, 0.15) is 0 Å². The molecule has 1 fully saturated rings. The van der Waals surface area contributed by atoms with Crippen molar-refractivity contribution in [2.24, 2.45) is 5.73 Å². The van der Waals surface area contributed by atoms with Gasteiger partial charge in [-0.15, -0.1) is 0 Å². The minimum atomic E-state index is 0.118. The fraction of sp³-hybridized carbons (Fsp3) is 0.600. The van der Waals surface area contributed by atoms with Crippen LogP contribution in [0.1, 0.15) is 31.0 Å². The van der Waals surface area contributed by atoms with Crippen molar-refractivity contribution in [3.63, 3.8) is 0 Å². The molecule has 0 saturated carbocycles. The zero-order chi connectivity index (χ0) is 13.1. The van der Waals surface area contributed by atoms with E-state index in [9.17, 15) is 0 Å². The number of nitrogens with zero attached hydrogens (tertiary/aromatic N) is 1. The maximum atomic E-state index is 6.23. The molecule has 3 heteroatoms. The third-order valence-corrected chi connectivity index (χ3v) is 3.66. The Balaban J connectivity index is 2.27. The monoisotopic (exact) mass is 248 g/mol. The Morgan fingerprint density at radius 3 is 2.83 bits per heavy atom. The molecule has 1 heterocycles. The predicted molar refractivity (Wildman–Crippen MR) is 74.6 cm³/mol. The lowest BCUT2D eigenvalue weighted by atomic mass is 9.96. The summed E-state index contributed by atoms with van der Waals surface area (Å²) in [7, 11) is 0. The molecule has 1 aliphatic rings. The number of aryl methyl sites for hydroxylation is 1. The molecule has 1 aliphatic heterocycles. The lowest BCUT2D eigenvalue weighted by molar-refractivity contribution is -0.0268. The Bertz CT molecular complexity index is 392. The third-order valence-electron chi connectivity index (χ3n) is 3.66. The lowest BCUT2D eigenvalue weighted by Gasteiger charge is -2.41. The van der Waals surface area contributed by atoms with Crippen molar-refractivity contribution in [2.75, 3.05) is 19.8 Å². The van der Waals surface area contributed by atoms with E-state index >= 15 is 0 Å². The molecule has 2 N–H and O–H groups in total. The Morgan fingerprint density at radius 1 is 1.44 bits per heavy atom. The second kappa shape index (κ2) is 5.83. The van der Waals surface area contributed by atoms with Crippen LogP contribution < -0.4 is 5.73 Å². The lowest BCUT2D eigenvalue weighted by Crippen LogP contribution is -2.50. The number of benzene rings is 1. The average molecular weight is 248 g/mol. The van der Waals surface area contributed by atoms with Gasteiger partial charge in [-0.25, -0.2) is 0 Å². The average Bonchev–Trinajstić information content (AvgIpc) is 2.32. The van der Waals surface area contributed by atoms with Gasteiger partial charge < -0.3 is 10.5 Å². The largest absolute Gasteiger partial charge is 0.379 e. The van der Waals surface area contributed by atoms with E-state index in [1.807, 2.05) is 0 Å². The first-order valence-corrected chi connectivity index (χ1v) is 6.75. The minimum absolute atomic E-state index is 0.118. The molecule has 0 amide bonds. The first kappa shape index (κ1) is 13.5. The maximum absolute atomic E-state index is 6.23. The van der Waals surface area contributed by atoms with Crippen molar-refractivity contribution in [3.8, 4) is 0 Å². The second-order valence-corrected chi connectivity index (χ2v) is 5.38. The number of rotatable bonds is 3. The smallest absolute Gasteiger partial charge is 0.0620 e. The van der Waals surface area contributed by atoms with E-state index in [0.29, 0.717) is 6.04 Å². The predicted octanol–water partition coefficient (Wildman–Crippen LogP) is 2.10. The fourth-order valence-electron chi connectivity index (χ4n) is 2.80. The van der Waals surface area contributed by atoms with Crippen molar-refractivity contribution in [1.29, 1.82) is 0 Å². The summed E-state index contributed by atoms with van der Waals surface area (Å²) in [5, 5.41) is 0. The van der Waals surface area contributed by atoms with Crippen LogP contribution in [0.4, 0.5) is 0 Å². The number of morpholine rings is 1. The van der Waals surface area contributed by atoms with Gasteiger partial charge >= 0.3 is 0 Å². The van der Waals surface area contributed by atoms with Gasteiger partial charge in [-0.2, -0.15) is 0 Å². The van der Waals surface area contributed by atoms with Crippen molar-refractivity contribution < 1.29 is 4.74 Å². The molecule has 0 spiro atoms. The fourth-order valence-corrected chi connectivity index (χ4v) is 2.80. The van der Waals surface area contributed by atoms with Gasteiger partial charge in [-0.1, -0.05) is 29.8 Å². The third kappa shape index (κ3) is 2.91. The Hall–Kier alpha value is -0.900. The van der Waals surface area contributed by atoms with Crippen LogP contribution in [-0.4, -0.2) is 36.7 Å². The molecule has 0 aromatic heterocycles. The molecule has 1 saturated heterocycles. The summed E-state index contributed by atoms with van der Waals surface area (Å²) in [4.78, 5) is 2.48. The van der Waals surface area contributed by atoms with Crippen molar-refractivity contribution >= 4 is 0 Å². The van der Waals surface area contributed by atoms with E-state index in [0.717, 1.165) is 19.8 Å². The highest BCUT2D eigenvalue weighted by Gasteiger charge is 2.30. The van der Waals surface area contributed by atoms with Gasteiger partial charge in [0.2, 0.25) is 0 Å². The molecule has 18 heavy (non-hydrogen) atoms. The van der Waals surface area contributed by atoms with Gasteiger partial charge in [0.25, 0.3) is 0 Å². The molecule has 3 nitrogen and oxygen atoms in total. The van der Waals surface area contributed by atoms with Crippen molar-refractivity contribution in [3.05, 3.63) is 35.4 Å². The zero-order valence-corrected chi connectivity index (χ0v) is 11.6. The summed E-state index contributed by atoms with van der Waals surface area (Å²) in [6.45, 7) is 9.00. The number of hydrogen-bond acceptors (Lipinski definition) is 3. The Kier molecular flexibility index (Phi) is 4.38. The molecular formula is C15H24N2O. The van der Waals surface area contributed by atoms with E-state index in [4.69, 9.17) is 10.5 Å². The highest BCUT2D eigenvalue weighted by Crippen LogP contribution is 2.27. The summed E-state index contributed by atoms with van der Waals surface area (Å²) in [6, 6.07) is 9.50. The number of hydrogen-bond donors (Lipinski definition) is 1. The normalized spacial score (nSPS) is 24.8. The minimum Gasteiger partial charge on any atom is -0.379 e. The summed E-state index contributed by atoms with van der Waals surface area (Å²) in [5.41, 5.74) is 8.84. The van der Waals surface area contributed by atoms with E-state index < -0.39 is 0 Å². The van der Waals surface area contributed by atoms with Gasteiger partial charge in [0.05, 0.1) is 19.3 Å². The zero-order valence-electron chi connectivity index (χ0n) is 11.6. The molecule has 2 rings (SSSR count). The molecule has 0 aliphatic carbocycles. The molecule has 3 unspecified atom stereocenters. The highest BCUT2D eigenvalue weighted by atomic mass is 16.5. The molecule has 1 aromatic rings. The van der Waals surface area contributed by atoms with Crippen molar-refractivity contribution in [2.45, 2.75) is 38.9 Å². The summed E-state index contributed by atoms with van der Waals surface area (Å²) < 4.78 is 5.52. The SMILES string of the molecule is Cc1cccc(C(C(C)N)N2CCOCC2C)c1. The van der Waals surface area contributed by atoms with Crippen LogP contribution in [0.25, 0.3) is 0 Å². The van der Waals surface area contributed by atoms with Crippen LogP contribution in [0.3, 0.4) is 0 Å². The van der Waals surface area contributed by atoms with E-state index in [-0.39, 0.29) is 12.1 Å².